The Hall–Kier alpha value is -2.70. The van der Waals surface area contributed by atoms with Crippen LogP contribution < -0.4 is 10.6 Å². The summed E-state index contributed by atoms with van der Waals surface area (Å²) in [6, 6.07) is 12.8. The molecule has 3 aromatic rings. The molecule has 0 saturated heterocycles. The quantitative estimate of drug-likeness (QED) is 0.644. The predicted octanol–water partition coefficient (Wildman–Crippen LogP) is 3.35. The minimum Gasteiger partial charge on any atom is -0.387 e. The highest BCUT2D eigenvalue weighted by Crippen LogP contribution is 2.17. The Balaban J connectivity index is 1.56. The van der Waals surface area contributed by atoms with Crippen LogP contribution in [0.25, 0.3) is 0 Å². The third-order valence-electron chi connectivity index (χ3n) is 3.50. The fourth-order valence-electron chi connectivity index (χ4n) is 2.18. The average molecular weight is 339 g/mol. The Bertz CT molecular complexity index is 774. The van der Waals surface area contributed by atoms with Crippen LogP contribution in [-0.4, -0.2) is 22.5 Å². The van der Waals surface area contributed by atoms with Gasteiger partial charge in [-0.05, 0) is 58.8 Å². The number of nitrogens with zero attached hydrogens (tertiary/aromatic N) is 1. The molecule has 5 nitrogen and oxygen atoms in total. The monoisotopic (exact) mass is 339 g/mol. The molecule has 0 bridgehead atoms. The third kappa shape index (κ3) is 4.18. The fraction of sp³-hybridized carbons (Fsp3) is 0.111. The topological polar surface area (TPSA) is 74.2 Å². The Morgan fingerprint density at radius 2 is 1.79 bits per heavy atom. The van der Waals surface area contributed by atoms with Gasteiger partial charge in [-0.2, -0.15) is 11.3 Å². The van der Waals surface area contributed by atoms with Crippen molar-refractivity contribution in [1.29, 1.82) is 0 Å². The largest absolute Gasteiger partial charge is 0.387 e. The molecule has 0 fully saturated rings. The van der Waals surface area contributed by atoms with Crippen LogP contribution in [0.1, 0.15) is 22.0 Å². The van der Waals surface area contributed by atoms with Gasteiger partial charge in [0.2, 0.25) is 0 Å². The van der Waals surface area contributed by atoms with Gasteiger partial charge in [-0.15, -0.1) is 0 Å². The van der Waals surface area contributed by atoms with Gasteiger partial charge in [-0.25, -0.2) is 0 Å². The van der Waals surface area contributed by atoms with Gasteiger partial charge >= 0.3 is 0 Å². The first-order chi connectivity index (χ1) is 11.7. The van der Waals surface area contributed by atoms with Crippen molar-refractivity contribution in [3.05, 3.63) is 76.7 Å². The molecule has 1 atom stereocenters. The number of anilines is 2. The van der Waals surface area contributed by atoms with E-state index in [0.29, 0.717) is 5.56 Å². The molecule has 0 aliphatic carbocycles. The minimum absolute atomic E-state index is 0.187. The summed E-state index contributed by atoms with van der Waals surface area (Å²) >= 11 is 1.52. The highest BCUT2D eigenvalue weighted by atomic mass is 32.1. The van der Waals surface area contributed by atoms with E-state index in [4.69, 9.17) is 0 Å². The lowest BCUT2D eigenvalue weighted by molar-refractivity contribution is 0.0916. The number of nitrogens with one attached hydrogen (secondary N) is 2. The number of amides is 1. The standard InChI is InChI=1S/C18H17N3O2S/c22-17(14-7-10-24-12-14)11-20-18(23)13-1-3-15(4-2-13)21-16-5-8-19-9-6-16/h1-10,12,17,22H,11H2,(H,19,21)(H,20,23). The number of rotatable bonds is 6. The molecular weight excluding hydrogens is 322 g/mol. The molecule has 2 heterocycles. The van der Waals surface area contributed by atoms with Crippen molar-refractivity contribution in [2.45, 2.75) is 6.10 Å². The van der Waals surface area contributed by atoms with Gasteiger partial charge in [0.05, 0.1) is 6.10 Å². The minimum atomic E-state index is -0.687. The first-order valence-corrected chi connectivity index (χ1v) is 8.42. The van der Waals surface area contributed by atoms with Crippen molar-refractivity contribution in [2.75, 3.05) is 11.9 Å². The van der Waals surface area contributed by atoms with Gasteiger partial charge in [0.15, 0.2) is 0 Å². The number of aliphatic hydroxyl groups excluding tert-OH is 1. The van der Waals surface area contributed by atoms with Crippen LogP contribution in [-0.2, 0) is 0 Å². The van der Waals surface area contributed by atoms with Crippen LogP contribution in [0, 0.1) is 0 Å². The maximum Gasteiger partial charge on any atom is 0.251 e. The Morgan fingerprint density at radius 3 is 2.46 bits per heavy atom. The number of hydrogen-bond acceptors (Lipinski definition) is 5. The van der Waals surface area contributed by atoms with E-state index >= 15 is 0 Å². The molecule has 2 aromatic heterocycles. The van der Waals surface area contributed by atoms with Crippen molar-refractivity contribution in [2.24, 2.45) is 0 Å². The Morgan fingerprint density at radius 1 is 1.08 bits per heavy atom. The van der Waals surface area contributed by atoms with E-state index in [1.807, 2.05) is 41.1 Å². The van der Waals surface area contributed by atoms with Gasteiger partial charge in [0.1, 0.15) is 0 Å². The summed E-state index contributed by atoms with van der Waals surface area (Å²) in [5.41, 5.74) is 3.18. The number of hydrogen-bond donors (Lipinski definition) is 3. The van der Waals surface area contributed by atoms with Crippen LogP contribution in [0.15, 0.2) is 65.6 Å². The summed E-state index contributed by atoms with van der Waals surface area (Å²) in [7, 11) is 0. The van der Waals surface area contributed by atoms with Crippen molar-refractivity contribution < 1.29 is 9.90 Å². The van der Waals surface area contributed by atoms with E-state index in [2.05, 4.69) is 15.6 Å². The van der Waals surface area contributed by atoms with E-state index in [-0.39, 0.29) is 12.5 Å². The van der Waals surface area contributed by atoms with Crippen molar-refractivity contribution >= 4 is 28.6 Å². The third-order valence-corrected chi connectivity index (χ3v) is 4.20. The van der Waals surface area contributed by atoms with E-state index in [9.17, 15) is 9.90 Å². The second-order valence-electron chi connectivity index (χ2n) is 5.22. The molecule has 0 spiro atoms. The van der Waals surface area contributed by atoms with Crippen molar-refractivity contribution in [3.63, 3.8) is 0 Å². The fourth-order valence-corrected chi connectivity index (χ4v) is 2.89. The summed E-state index contributed by atoms with van der Waals surface area (Å²) in [6.45, 7) is 0.187. The average Bonchev–Trinajstić information content (AvgIpc) is 3.16. The predicted molar refractivity (Wildman–Crippen MR) is 95.6 cm³/mol. The molecule has 122 valence electrons. The van der Waals surface area contributed by atoms with E-state index in [1.165, 1.54) is 11.3 Å². The van der Waals surface area contributed by atoms with Crippen LogP contribution in [0.5, 0.6) is 0 Å². The van der Waals surface area contributed by atoms with Gasteiger partial charge in [0.25, 0.3) is 5.91 Å². The lowest BCUT2D eigenvalue weighted by Crippen LogP contribution is -2.28. The van der Waals surface area contributed by atoms with Crippen LogP contribution in [0.3, 0.4) is 0 Å². The summed E-state index contributed by atoms with van der Waals surface area (Å²) < 4.78 is 0. The van der Waals surface area contributed by atoms with Crippen LogP contribution >= 0.6 is 11.3 Å². The SMILES string of the molecule is O=C(NCC(O)c1ccsc1)c1ccc(Nc2ccncc2)cc1. The highest BCUT2D eigenvalue weighted by molar-refractivity contribution is 7.07. The van der Waals surface area contributed by atoms with Crippen LogP contribution in [0.4, 0.5) is 11.4 Å². The Labute approximate surface area is 144 Å². The summed E-state index contributed by atoms with van der Waals surface area (Å²) in [5.74, 6) is -0.209. The molecule has 1 unspecified atom stereocenters. The lowest BCUT2D eigenvalue weighted by Gasteiger charge is -2.11. The lowest BCUT2D eigenvalue weighted by atomic mass is 10.1. The van der Waals surface area contributed by atoms with Crippen LogP contribution in [0.2, 0.25) is 0 Å². The van der Waals surface area contributed by atoms with E-state index in [0.717, 1.165) is 16.9 Å². The molecule has 6 heteroatoms. The second kappa shape index (κ2) is 7.72. The molecule has 0 radical (unpaired) electrons. The molecule has 3 rings (SSSR count). The summed E-state index contributed by atoms with van der Waals surface area (Å²) in [4.78, 5) is 16.1. The number of aromatic nitrogens is 1. The zero-order chi connectivity index (χ0) is 16.8. The maximum absolute atomic E-state index is 12.1. The summed E-state index contributed by atoms with van der Waals surface area (Å²) in [5, 5.41) is 19.7. The van der Waals surface area contributed by atoms with Crippen molar-refractivity contribution in [1.82, 2.24) is 10.3 Å². The van der Waals surface area contributed by atoms with E-state index < -0.39 is 6.10 Å². The molecule has 0 saturated carbocycles. The molecule has 0 aliphatic heterocycles. The molecule has 1 aromatic carbocycles. The smallest absolute Gasteiger partial charge is 0.251 e. The highest BCUT2D eigenvalue weighted by Gasteiger charge is 2.11. The first-order valence-electron chi connectivity index (χ1n) is 7.48. The number of pyridine rings is 1. The van der Waals surface area contributed by atoms with Gasteiger partial charge in [0, 0.05) is 35.9 Å². The normalized spacial score (nSPS) is 11.7. The van der Waals surface area contributed by atoms with Crippen molar-refractivity contribution in [3.8, 4) is 0 Å². The van der Waals surface area contributed by atoms with Gasteiger partial charge in [-0.3, -0.25) is 9.78 Å². The molecule has 1 amide bonds. The second-order valence-corrected chi connectivity index (χ2v) is 6.00. The zero-order valence-corrected chi connectivity index (χ0v) is 13.7. The first kappa shape index (κ1) is 16.2. The van der Waals surface area contributed by atoms with Gasteiger partial charge < -0.3 is 15.7 Å². The number of aliphatic hydroxyl groups is 1. The molecule has 3 N–H and O–H groups in total. The number of carbonyl (C=O) groups excluding carboxylic acids is 1. The summed E-state index contributed by atoms with van der Waals surface area (Å²) in [6.07, 6.45) is 2.74. The number of benzene rings is 1. The molecule has 0 aliphatic rings. The zero-order valence-electron chi connectivity index (χ0n) is 12.8. The number of thiophene rings is 1. The Kier molecular flexibility index (Phi) is 5.20. The number of carbonyl (C=O) groups is 1. The molecule has 24 heavy (non-hydrogen) atoms. The molecular formula is C18H17N3O2S. The van der Waals surface area contributed by atoms with Gasteiger partial charge in [-0.1, -0.05) is 0 Å². The van der Waals surface area contributed by atoms with E-state index in [1.54, 1.807) is 24.5 Å². The maximum atomic E-state index is 12.1.